The maximum absolute atomic E-state index is 11.6. The molecular weight excluding hydrogens is 400 g/mol. The number of esters is 1. The Morgan fingerprint density at radius 2 is 1.90 bits per heavy atom. The van der Waals surface area contributed by atoms with Gasteiger partial charge in [0, 0.05) is 19.4 Å². The molecule has 0 bridgehead atoms. The minimum atomic E-state index is -1.02. The lowest BCUT2D eigenvalue weighted by atomic mass is 9.55. The molecule has 31 heavy (non-hydrogen) atoms. The van der Waals surface area contributed by atoms with Gasteiger partial charge >= 0.3 is 11.9 Å². The summed E-state index contributed by atoms with van der Waals surface area (Å²) in [6, 6.07) is 3.98. The van der Waals surface area contributed by atoms with E-state index in [1.54, 1.807) is 7.11 Å². The Morgan fingerprint density at radius 3 is 2.61 bits per heavy atom. The third-order valence-electron chi connectivity index (χ3n) is 7.69. The Balaban J connectivity index is 1.62. The number of carboxylic acids is 1. The second-order valence-electron chi connectivity index (χ2n) is 9.37. The molecule has 1 N–H and O–H groups in total. The maximum atomic E-state index is 11.6. The number of fused-ring (bicyclic) bond motifs is 5. The van der Waals surface area contributed by atoms with Crippen molar-refractivity contribution in [3.8, 4) is 11.5 Å². The van der Waals surface area contributed by atoms with E-state index in [1.165, 1.54) is 18.1 Å². The highest BCUT2D eigenvalue weighted by Gasteiger charge is 2.56. The van der Waals surface area contributed by atoms with E-state index in [1.807, 2.05) is 12.1 Å². The van der Waals surface area contributed by atoms with Crippen molar-refractivity contribution in [1.82, 2.24) is 0 Å². The van der Waals surface area contributed by atoms with Gasteiger partial charge in [-0.1, -0.05) is 6.92 Å². The highest BCUT2D eigenvalue weighted by atomic mass is 16.7. The SMILES string of the molecule is COCOc1cc2c(cc1OCC(=O)O)[C@H]1CC[C@]3(C)[C@@H](OC(C)=O)CC[C@H]3[C@@H]1CC2. The van der Waals surface area contributed by atoms with Crippen molar-refractivity contribution < 1.29 is 33.6 Å². The summed E-state index contributed by atoms with van der Waals surface area (Å²) in [6.45, 7) is 3.46. The number of methoxy groups -OCH3 is 1. The molecule has 170 valence electrons. The predicted molar refractivity (Wildman–Crippen MR) is 112 cm³/mol. The molecule has 0 amide bonds. The van der Waals surface area contributed by atoms with Crippen LogP contribution in [0.4, 0.5) is 0 Å². The average molecular weight is 433 g/mol. The lowest BCUT2D eigenvalue weighted by molar-refractivity contribution is -0.154. The van der Waals surface area contributed by atoms with E-state index in [0.29, 0.717) is 29.3 Å². The van der Waals surface area contributed by atoms with E-state index in [-0.39, 0.29) is 24.3 Å². The Labute approximate surface area is 183 Å². The summed E-state index contributed by atoms with van der Waals surface area (Å²) in [5, 5.41) is 9.06. The van der Waals surface area contributed by atoms with Crippen LogP contribution in [0, 0.1) is 17.3 Å². The van der Waals surface area contributed by atoms with Crippen LogP contribution < -0.4 is 9.47 Å². The van der Waals surface area contributed by atoms with Crippen molar-refractivity contribution in [3.63, 3.8) is 0 Å². The molecule has 4 rings (SSSR count). The second kappa shape index (κ2) is 8.69. The summed E-state index contributed by atoms with van der Waals surface area (Å²) in [4.78, 5) is 22.7. The van der Waals surface area contributed by atoms with Gasteiger partial charge in [-0.2, -0.15) is 0 Å². The fraction of sp³-hybridized carbons (Fsp3) is 0.667. The molecular formula is C24H32O7. The van der Waals surface area contributed by atoms with Crippen LogP contribution in [0.1, 0.15) is 63.0 Å². The number of carbonyl (C=O) groups excluding carboxylic acids is 1. The Bertz CT molecular complexity index is 851. The Kier molecular flexibility index (Phi) is 6.15. The summed E-state index contributed by atoms with van der Waals surface area (Å²) in [6.07, 6.45) is 6.13. The molecule has 2 saturated carbocycles. The zero-order valence-electron chi connectivity index (χ0n) is 18.5. The summed E-state index contributed by atoms with van der Waals surface area (Å²) in [5.41, 5.74) is 2.53. The third-order valence-corrected chi connectivity index (χ3v) is 7.69. The maximum Gasteiger partial charge on any atom is 0.341 e. The van der Waals surface area contributed by atoms with Crippen molar-refractivity contribution >= 4 is 11.9 Å². The van der Waals surface area contributed by atoms with Crippen molar-refractivity contribution in [2.45, 2.75) is 64.4 Å². The first kappa shape index (κ1) is 21.9. The lowest BCUT2D eigenvalue weighted by Gasteiger charge is -2.50. The van der Waals surface area contributed by atoms with Gasteiger partial charge < -0.3 is 24.1 Å². The highest BCUT2D eigenvalue weighted by molar-refractivity contribution is 5.68. The van der Waals surface area contributed by atoms with Crippen LogP contribution >= 0.6 is 0 Å². The Morgan fingerprint density at radius 1 is 1.13 bits per heavy atom. The normalized spacial score (nSPS) is 31.2. The van der Waals surface area contributed by atoms with Crippen LogP contribution in [-0.2, 0) is 25.5 Å². The first-order valence-corrected chi connectivity index (χ1v) is 11.1. The largest absolute Gasteiger partial charge is 0.479 e. The van der Waals surface area contributed by atoms with Gasteiger partial charge in [0.1, 0.15) is 6.10 Å². The smallest absolute Gasteiger partial charge is 0.341 e. The molecule has 0 aromatic heterocycles. The number of ether oxygens (including phenoxy) is 4. The van der Waals surface area contributed by atoms with Gasteiger partial charge in [-0.25, -0.2) is 4.79 Å². The number of benzene rings is 1. The predicted octanol–water partition coefficient (Wildman–Crippen LogP) is 3.92. The minimum absolute atomic E-state index is 0.0108. The van der Waals surface area contributed by atoms with Crippen LogP contribution in [0.2, 0.25) is 0 Å². The molecule has 1 aromatic carbocycles. The van der Waals surface area contributed by atoms with E-state index in [9.17, 15) is 9.59 Å². The fourth-order valence-electron chi connectivity index (χ4n) is 6.41. The van der Waals surface area contributed by atoms with Gasteiger partial charge in [0.05, 0.1) is 0 Å². The monoisotopic (exact) mass is 432 g/mol. The van der Waals surface area contributed by atoms with Gasteiger partial charge in [-0.15, -0.1) is 0 Å². The van der Waals surface area contributed by atoms with Crippen LogP contribution in [0.15, 0.2) is 12.1 Å². The third kappa shape index (κ3) is 4.12. The standard InChI is InChI=1S/C24H32O7/c1-14(25)31-22-7-6-19-17-5-4-15-10-20(30-13-28-3)21(29-12-23(26)27)11-18(15)16(17)8-9-24(19,22)2/h10-11,16-17,19,22H,4-9,12-13H2,1-3H3,(H,26,27)/t16-,17+,19-,22-,24-/m0/s1. The van der Waals surface area contributed by atoms with E-state index in [0.717, 1.165) is 38.5 Å². The molecule has 2 fully saturated rings. The van der Waals surface area contributed by atoms with E-state index < -0.39 is 12.6 Å². The topological polar surface area (TPSA) is 91.3 Å². The lowest BCUT2D eigenvalue weighted by Crippen LogP contribution is -2.45. The molecule has 3 aliphatic carbocycles. The van der Waals surface area contributed by atoms with Gasteiger partial charge in [0.2, 0.25) is 0 Å². The van der Waals surface area contributed by atoms with Crippen molar-refractivity contribution in [1.29, 1.82) is 0 Å². The van der Waals surface area contributed by atoms with Crippen LogP contribution in [-0.4, -0.2) is 43.7 Å². The molecule has 0 heterocycles. The van der Waals surface area contributed by atoms with Crippen LogP contribution in [0.3, 0.4) is 0 Å². The zero-order chi connectivity index (χ0) is 22.2. The number of hydrogen-bond donors (Lipinski definition) is 1. The number of carbonyl (C=O) groups is 2. The van der Waals surface area contributed by atoms with Crippen molar-refractivity contribution in [2.75, 3.05) is 20.5 Å². The fourth-order valence-corrected chi connectivity index (χ4v) is 6.41. The highest BCUT2D eigenvalue weighted by Crippen LogP contribution is 2.62. The number of rotatable bonds is 7. The summed E-state index contributed by atoms with van der Waals surface area (Å²) in [5.74, 6) is 1.23. The molecule has 1 aromatic rings. The summed E-state index contributed by atoms with van der Waals surface area (Å²) >= 11 is 0. The molecule has 0 radical (unpaired) electrons. The second-order valence-corrected chi connectivity index (χ2v) is 9.37. The molecule has 0 saturated heterocycles. The molecule has 0 spiro atoms. The van der Waals surface area contributed by atoms with Gasteiger partial charge in [-0.3, -0.25) is 4.79 Å². The Hall–Kier alpha value is -2.28. The number of aliphatic carboxylic acids is 1. The zero-order valence-corrected chi connectivity index (χ0v) is 18.5. The minimum Gasteiger partial charge on any atom is -0.479 e. The van der Waals surface area contributed by atoms with Crippen LogP contribution in [0.25, 0.3) is 0 Å². The summed E-state index contributed by atoms with van der Waals surface area (Å²) in [7, 11) is 1.55. The number of aryl methyl sites for hydroxylation is 1. The molecule has 0 unspecified atom stereocenters. The van der Waals surface area contributed by atoms with Gasteiger partial charge in [0.25, 0.3) is 0 Å². The van der Waals surface area contributed by atoms with E-state index in [4.69, 9.17) is 24.1 Å². The molecule has 7 nitrogen and oxygen atoms in total. The number of hydrogen-bond acceptors (Lipinski definition) is 6. The molecule has 3 aliphatic rings. The van der Waals surface area contributed by atoms with Crippen molar-refractivity contribution in [2.24, 2.45) is 17.3 Å². The molecule has 5 atom stereocenters. The quantitative estimate of drug-likeness (QED) is 0.516. The van der Waals surface area contributed by atoms with E-state index >= 15 is 0 Å². The average Bonchev–Trinajstić information content (AvgIpc) is 3.05. The first-order chi connectivity index (χ1) is 14.8. The molecule has 0 aliphatic heterocycles. The molecule has 7 heteroatoms. The number of carboxylic acid groups (broad SMARTS) is 1. The first-order valence-electron chi connectivity index (χ1n) is 11.1. The van der Waals surface area contributed by atoms with E-state index in [2.05, 4.69) is 6.92 Å². The summed E-state index contributed by atoms with van der Waals surface area (Å²) < 4.78 is 22.0. The van der Waals surface area contributed by atoms with Gasteiger partial charge in [0.15, 0.2) is 24.9 Å². The van der Waals surface area contributed by atoms with Crippen molar-refractivity contribution in [3.05, 3.63) is 23.3 Å². The van der Waals surface area contributed by atoms with Gasteiger partial charge in [-0.05, 0) is 79.5 Å². The van der Waals surface area contributed by atoms with Crippen LogP contribution in [0.5, 0.6) is 11.5 Å².